The van der Waals surface area contributed by atoms with Crippen LogP contribution >= 0.6 is 11.6 Å². The third-order valence-corrected chi connectivity index (χ3v) is 4.15. The van der Waals surface area contributed by atoms with Gasteiger partial charge in [0.05, 0.1) is 6.33 Å². The van der Waals surface area contributed by atoms with Crippen LogP contribution in [-0.2, 0) is 6.54 Å². The maximum atomic E-state index is 6.01. The van der Waals surface area contributed by atoms with Crippen molar-refractivity contribution in [2.24, 2.45) is 0 Å². The Labute approximate surface area is 123 Å². The molecule has 0 atom stereocenters. The monoisotopic (exact) mass is 293 g/mol. The smallest absolute Gasteiger partial charge is 0.226 e. The molecule has 0 unspecified atom stereocenters. The van der Waals surface area contributed by atoms with E-state index >= 15 is 0 Å². The van der Waals surface area contributed by atoms with Gasteiger partial charge in [-0.15, -0.1) is 0 Å². The Morgan fingerprint density at radius 3 is 2.70 bits per heavy atom. The van der Waals surface area contributed by atoms with Gasteiger partial charge < -0.3 is 9.88 Å². The van der Waals surface area contributed by atoms with Crippen molar-refractivity contribution in [3.8, 4) is 0 Å². The number of aromatic nitrogens is 4. The number of aryl methyl sites for hydroxylation is 1. The Hall–Kier alpha value is -1.36. The highest BCUT2D eigenvalue weighted by Crippen LogP contribution is 2.25. The molecule has 0 saturated heterocycles. The first-order valence-corrected chi connectivity index (χ1v) is 7.80. The fourth-order valence-electron chi connectivity index (χ4n) is 2.91. The molecule has 20 heavy (non-hydrogen) atoms. The van der Waals surface area contributed by atoms with Crippen LogP contribution in [0.4, 0.5) is 5.82 Å². The zero-order chi connectivity index (χ0) is 13.9. The van der Waals surface area contributed by atoms with Crippen molar-refractivity contribution in [1.29, 1.82) is 0 Å². The van der Waals surface area contributed by atoms with Crippen LogP contribution in [0.2, 0.25) is 5.28 Å². The molecule has 0 radical (unpaired) electrons. The number of nitrogens with one attached hydrogen (secondary N) is 1. The number of hydrogen-bond acceptors (Lipinski definition) is 4. The lowest BCUT2D eigenvalue weighted by atomic mass is 10.1. The number of fused-ring (bicyclic) bond motifs is 1. The number of halogens is 1. The number of hydrogen-bond donors (Lipinski definition) is 1. The summed E-state index contributed by atoms with van der Waals surface area (Å²) in [6.45, 7) is 2.94. The predicted molar refractivity (Wildman–Crippen MR) is 81.1 cm³/mol. The summed E-state index contributed by atoms with van der Waals surface area (Å²) in [6.07, 6.45) is 9.44. The molecule has 2 aromatic heterocycles. The second-order valence-corrected chi connectivity index (χ2v) is 5.71. The highest BCUT2D eigenvalue weighted by molar-refractivity contribution is 6.28. The van der Waals surface area contributed by atoms with Crippen molar-refractivity contribution in [3.05, 3.63) is 11.6 Å². The summed E-state index contributed by atoms with van der Waals surface area (Å²) in [6, 6.07) is 0.479. The molecule has 2 heterocycles. The van der Waals surface area contributed by atoms with Crippen LogP contribution in [0, 0.1) is 0 Å². The Balaban J connectivity index is 1.94. The fraction of sp³-hybridized carbons (Fsp3) is 0.643. The minimum Gasteiger partial charge on any atom is -0.365 e. The first-order chi connectivity index (χ1) is 9.78. The lowest BCUT2D eigenvalue weighted by molar-refractivity contribution is 0.617. The van der Waals surface area contributed by atoms with E-state index in [-0.39, 0.29) is 5.28 Å². The molecule has 0 bridgehead atoms. The molecule has 1 saturated carbocycles. The topological polar surface area (TPSA) is 55.6 Å². The molecule has 1 aliphatic rings. The van der Waals surface area contributed by atoms with Crippen LogP contribution < -0.4 is 5.32 Å². The van der Waals surface area contributed by atoms with Crippen molar-refractivity contribution in [3.63, 3.8) is 0 Å². The van der Waals surface area contributed by atoms with E-state index in [9.17, 15) is 0 Å². The molecule has 0 aliphatic heterocycles. The maximum absolute atomic E-state index is 6.01. The summed E-state index contributed by atoms with van der Waals surface area (Å²) in [5.41, 5.74) is 1.63. The lowest BCUT2D eigenvalue weighted by Gasteiger charge is -2.18. The van der Waals surface area contributed by atoms with E-state index in [0.717, 1.165) is 17.9 Å². The SMILES string of the molecule is CCn1cnc2nc(Cl)nc(NC3CCCCCC3)c21. The van der Waals surface area contributed by atoms with E-state index in [0.29, 0.717) is 11.7 Å². The Bertz CT molecular complexity index is 587. The average Bonchev–Trinajstić information content (AvgIpc) is 2.67. The summed E-state index contributed by atoms with van der Waals surface area (Å²) in [5.74, 6) is 0.825. The molecule has 0 spiro atoms. The number of imidazole rings is 1. The number of nitrogens with zero attached hydrogens (tertiary/aromatic N) is 4. The van der Waals surface area contributed by atoms with E-state index < -0.39 is 0 Å². The molecule has 1 aliphatic carbocycles. The van der Waals surface area contributed by atoms with Gasteiger partial charge in [-0.25, -0.2) is 4.98 Å². The van der Waals surface area contributed by atoms with Crippen LogP contribution in [0.3, 0.4) is 0 Å². The van der Waals surface area contributed by atoms with Gasteiger partial charge in [0.25, 0.3) is 0 Å². The van der Waals surface area contributed by atoms with Crippen LogP contribution in [0.5, 0.6) is 0 Å². The summed E-state index contributed by atoms with van der Waals surface area (Å²) in [4.78, 5) is 12.9. The summed E-state index contributed by atoms with van der Waals surface area (Å²) >= 11 is 6.01. The molecule has 3 rings (SSSR count). The van der Waals surface area contributed by atoms with Crippen LogP contribution in [0.1, 0.15) is 45.4 Å². The lowest BCUT2D eigenvalue weighted by Crippen LogP contribution is -2.20. The zero-order valence-corrected chi connectivity index (χ0v) is 12.5. The standard InChI is InChI=1S/C14H20ClN5/c1-2-20-9-16-12-11(20)13(19-14(15)18-12)17-10-7-5-3-4-6-8-10/h9-10H,2-8H2,1H3,(H,17,18,19). The van der Waals surface area contributed by atoms with E-state index in [1.54, 1.807) is 6.33 Å². The Kier molecular flexibility index (Phi) is 4.05. The van der Waals surface area contributed by atoms with E-state index in [1.165, 1.54) is 38.5 Å². The predicted octanol–water partition coefficient (Wildman–Crippen LogP) is 3.63. The Morgan fingerprint density at radius 2 is 2.00 bits per heavy atom. The quantitative estimate of drug-likeness (QED) is 0.693. The second kappa shape index (κ2) is 5.95. The van der Waals surface area contributed by atoms with Gasteiger partial charge in [0.1, 0.15) is 5.52 Å². The zero-order valence-electron chi connectivity index (χ0n) is 11.8. The Morgan fingerprint density at radius 1 is 1.25 bits per heavy atom. The minimum atomic E-state index is 0.259. The minimum absolute atomic E-state index is 0.259. The molecule has 108 valence electrons. The van der Waals surface area contributed by atoms with Crippen LogP contribution in [-0.4, -0.2) is 25.6 Å². The summed E-state index contributed by atoms with van der Waals surface area (Å²) < 4.78 is 2.06. The highest BCUT2D eigenvalue weighted by atomic mass is 35.5. The fourth-order valence-corrected chi connectivity index (χ4v) is 3.08. The number of anilines is 1. The van der Waals surface area contributed by atoms with Gasteiger partial charge in [-0.1, -0.05) is 25.7 Å². The third-order valence-electron chi connectivity index (χ3n) is 3.98. The van der Waals surface area contributed by atoms with Crippen LogP contribution in [0.15, 0.2) is 6.33 Å². The van der Waals surface area contributed by atoms with Crippen molar-refractivity contribution in [2.75, 3.05) is 5.32 Å². The number of rotatable bonds is 3. The molecule has 0 amide bonds. The van der Waals surface area contributed by atoms with Crippen molar-refractivity contribution >= 4 is 28.6 Å². The van der Waals surface area contributed by atoms with Crippen molar-refractivity contribution in [1.82, 2.24) is 19.5 Å². The van der Waals surface area contributed by atoms with Gasteiger partial charge in [0, 0.05) is 12.6 Å². The normalized spacial score (nSPS) is 17.3. The van der Waals surface area contributed by atoms with Gasteiger partial charge in [0.2, 0.25) is 5.28 Å². The van der Waals surface area contributed by atoms with Crippen molar-refractivity contribution < 1.29 is 0 Å². The van der Waals surface area contributed by atoms with Gasteiger partial charge in [-0.3, -0.25) is 0 Å². The molecule has 6 heteroatoms. The highest BCUT2D eigenvalue weighted by Gasteiger charge is 2.17. The van der Waals surface area contributed by atoms with Gasteiger partial charge >= 0.3 is 0 Å². The maximum Gasteiger partial charge on any atom is 0.226 e. The molecular weight excluding hydrogens is 274 g/mol. The third kappa shape index (κ3) is 2.73. The second-order valence-electron chi connectivity index (χ2n) is 5.38. The van der Waals surface area contributed by atoms with Crippen LogP contribution in [0.25, 0.3) is 11.2 Å². The molecular formula is C14H20ClN5. The summed E-state index contributed by atoms with van der Waals surface area (Å²) in [7, 11) is 0. The first-order valence-electron chi connectivity index (χ1n) is 7.43. The summed E-state index contributed by atoms with van der Waals surface area (Å²) in [5, 5.41) is 3.83. The van der Waals surface area contributed by atoms with Gasteiger partial charge in [0.15, 0.2) is 11.5 Å². The first kappa shape index (κ1) is 13.6. The van der Waals surface area contributed by atoms with Gasteiger partial charge in [-0.2, -0.15) is 9.97 Å². The molecule has 1 N–H and O–H groups in total. The molecule has 1 fully saturated rings. The van der Waals surface area contributed by atoms with Gasteiger partial charge in [-0.05, 0) is 31.4 Å². The van der Waals surface area contributed by atoms with E-state index in [2.05, 4.69) is 31.8 Å². The largest absolute Gasteiger partial charge is 0.365 e. The van der Waals surface area contributed by atoms with Crippen molar-refractivity contribution in [2.45, 2.75) is 58.0 Å². The van der Waals surface area contributed by atoms with E-state index in [1.807, 2.05) is 0 Å². The van der Waals surface area contributed by atoms with E-state index in [4.69, 9.17) is 11.6 Å². The molecule has 2 aromatic rings. The molecule has 5 nitrogen and oxygen atoms in total. The molecule has 0 aromatic carbocycles. The average molecular weight is 294 g/mol.